The number of urea groups is 1. The summed E-state index contributed by atoms with van der Waals surface area (Å²) in [5.41, 5.74) is 0.585. The summed E-state index contributed by atoms with van der Waals surface area (Å²) in [7, 11) is 0. The van der Waals surface area contributed by atoms with E-state index >= 15 is 0 Å². The molecule has 0 aliphatic carbocycles. The van der Waals surface area contributed by atoms with Gasteiger partial charge in [0.2, 0.25) is 0 Å². The number of anilines is 1. The maximum atomic E-state index is 12.2. The topological polar surface area (TPSA) is 82.1 Å². The van der Waals surface area contributed by atoms with Crippen molar-refractivity contribution < 1.29 is 19.4 Å². The Kier molecular flexibility index (Phi) is 5.74. The van der Waals surface area contributed by atoms with Crippen molar-refractivity contribution in [2.24, 2.45) is 0 Å². The molecule has 0 bridgehead atoms. The lowest BCUT2D eigenvalue weighted by Gasteiger charge is -2.34. The van der Waals surface area contributed by atoms with Crippen molar-refractivity contribution in [2.75, 3.05) is 44.6 Å². The fourth-order valence-electron chi connectivity index (χ4n) is 2.32. The van der Waals surface area contributed by atoms with E-state index in [4.69, 9.17) is 9.84 Å². The first-order chi connectivity index (χ1) is 10.6. The number of nitrogens with one attached hydrogen (secondary N) is 1. The van der Waals surface area contributed by atoms with Gasteiger partial charge in [-0.1, -0.05) is 6.07 Å². The van der Waals surface area contributed by atoms with Gasteiger partial charge in [0, 0.05) is 51.4 Å². The molecular weight excluding hydrogens is 286 g/mol. The Morgan fingerprint density at radius 1 is 1.27 bits per heavy atom. The molecule has 1 heterocycles. The molecule has 2 N–H and O–H groups in total. The lowest BCUT2D eigenvalue weighted by molar-refractivity contribution is -0.131. The summed E-state index contributed by atoms with van der Waals surface area (Å²) in [5.74, 6) is 0.00143. The summed E-state index contributed by atoms with van der Waals surface area (Å²) in [6, 6.07) is 6.55. The second-order valence-corrected chi connectivity index (χ2v) is 5.10. The highest BCUT2D eigenvalue weighted by molar-refractivity contribution is 5.89. The zero-order valence-electron chi connectivity index (χ0n) is 12.6. The molecule has 1 aliphatic heterocycles. The Morgan fingerprint density at radius 2 is 2.00 bits per heavy atom. The Morgan fingerprint density at radius 3 is 2.64 bits per heavy atom. The van der Waals surface area contributed by atoms with E-state index in [9.17, 15) is 9.59 Å². The third-order valence-electron chi connectivity index (χ3n) is 3.42. The molecule has 7 nitrogen and oxygen atoms in total. The van der Waals surface area contributed by atoms with E-state index in [1.165, 1.54) is 6.92 Å². The van der Waals surface area contributed by atoms with Gasteiger partial charge >= 0.3 is 12.0 Å². The monoisotopic (exact) mass is 307 g/mol. The number of carbonyl (C=O) groups excluding carboxylic acids is 2. The summed E-state index contributed by atoms with van der Waals surface area (Å²) in [6.07, 6.45) is 0. The van der Waals surface area contributed by atoms with E-state index in [2.05, 4.69) is 10.2 Å². The molecule has 1 aromatic carbocycles. The number of β-amino-alcohol motifs (C(OH)–C–C–N with tert-alkyl or cyclic N) is 1. The Labute approximate surface area is 129 Å². The Hall–Kier alpha value is -2.12. The number of benzene rings is 1. The van der Waals surface area contributed by atoms with Gasteiger partial charge in [0.1, 0.15) is 5.75 Å². The molecule has 0 spiro atoms. The standard InChI is InChI=1S/C15H21N3O4/c1-12(20)22-14-4-2-3-13(11-14)16-15(21)18-7-5-17(6-8-18)9-10-19/h2-4,11,19H,5-10H2,1H3,(H,16,21). The van der Waals surface area contributed by atoms with Crippen LogP contribution in [0.2, 0.25) is 0 Å². The average Bonchev–Trinajstić information content (AvgIpc) is 2.48. The largest absolute Gasteiger partial charge is 0.427 e. The lowest BCUT2D eigenvalue weighted by atomic mass is 10.3. The summed E-state index contributed by atoms with van der Waals surface area (Å²) in [6.45, 7) is 4.85. The first-order valence-electron chi connectivity index (χ1n) is 7.26. The fourth-order valence-corrected chi connectivity index (χ4v) is 2.32. The molecule has 7 heteroatoms. The van der Waals surface area contributed by atoms with E-state index in [1.807, 2.05) is 0 Å². The molecule has 0 radical (unpaired) electrons. The van der Waals surface area contributed by atoms with E-state index < -0.39 is 5.97 Å². The molecule has 0 aromatic heterocycles. The number of carbonyl (C=O) groups is 2. The van der Waals surface area contributed by atoms with Crippen LogP contribution in [-0.2, 0) is 4.79 Å². The first-order valence-corrected chi connectivity index (χ1v) is 7.26. The van der Waals surface area contributed by atoms with Gasteiger partial charge in [0.05, 0.1) is 6.61 Å². The molecule has 0 atom stereocenters. The van der Waals surface area contributed by atoms with Gasteiger partial charge in [-0.05, 0) is 12.1 Å². The Bertz CT molecular complexity index is 527. The van der Waals surface area contributed by atoms with Gasteiger partial charge in [-0.2, -0.15) is 0 Å². The minimum atomic E-state index is -0.400. The van der Waals surface area contributed by atoms with Crippen LogP contribution >= 0.6 is 0 Å². The number of piperazine rings is 1. The zero-order chi connectivity index (χ0) is 15.9. The molecule has 0 unspecified atom stereocenters. The second kappa shape index (κ2) is 7.77. The molecular formula is C15H21N3O4. The SMILES string of the molecule is CC(=O)Oc1cccc(NC(=O)N2CCN(CCO)CC2)c1. The summed E-state index contributed by atoms with van der Waals surface area (Å²) < 4.78 is 4.99. The molecule has 22 heavy (non-hydrogen) atoms. The number of hydrogen-bond donors (Lipinski definition) is 2. The normalized spacial score (nSPS) is 15.5. The van der Waals surface area contributed by atoms with Crippen molar-refractivity contribution >= 4 is 17.7 Å². The molecule has 0 saturated carbocycles. The van der Waals surface area contributed by atoms with Crippen LogP contribution in [0.3, 0.4) is 0 Å². The van der Waals surface area contributed by atoms with E-state index in [-0.39, 0.29) is 12.6 Å². The highest BCUT2D eigenvalue weighted by atomic mass is 16.5. The number of nitrogens with zero attached hydrogens (tertiary/aromatic N) is 2. The third kappa shape index (κ3) is 4.71. The number of aliphatic hydroxyl groups excluding tert-OH is 1. The number of aliphatic hydroxyl groups is 1. The number of esters is 1. The first kappa shape index (κ1) is 16.3. The van der Waals surface area contributed by atoms with Crippen molar-refractivity contribution in [1.29, 1.82) is 0 Å². The van der Waals surface area contributed by atoms with Gasteiger partial charge in [-0.25, -0.2) is 4.79 Å². The summed E-state index contributed by atoms with van der Waals surface area (Å²) >= 11 is 0. The van der Waals surface area contributed by atoms with Crippen molar-refractivity contribution in [3.05, 3.63) is 24.3 Å². The van der Waals surface area contributed by atoms with E-state index in [1.54, 1.807) is 29.2 Å². The van der Waals surface area contributed by atoms with Crippen LogP contribution in [-0.4, -0.2) is 66.2 Å². The van der Waals surface area contributed by atoms with E-state index in [0.29, 0.717) is 31.1 Å². The second-order valence-electron chi connectivity index (χ2n) is 5.10. The fraction of sp³-hybridized carbons (Fsp3) is 0.467. The third-order valence-corrected chi connectivity index (χ3v) is 3.42. The van der Waals surface area contributed by atoms with Crippen LogP contribution in [0, 0.1) is 0 Å². The van der Waals surface area contributed by atoms with Crippen LogP contribution in [0.15, 0.2) is 24.3 Å². The summed E-state index contributed by atoms with van der Waals surface area (Å²) in [5, 5.41) is 11.7. The van der Waals surface area contributed by atoms with Crippen molar-refractivity contribution in [3.63, 3.8) is 0 Å². The predicted octanol–water partition coefficient (Wildman–Crippen LogP) is 0.754. The molecule has 1 fully saturated rings. The quantitative estimate of drug-likeness (QED) is 0.634. The minimum Gasteiger partial charge on any atom is -0.427 e. The van der Waals surface area contributed by atoms with Crippen LogP contribution in [0.5, 0.6) is 5.75 Å². The average molecular weight is 307 g/mol. The lowest BCUT2D eigenvalue weighted by Crippen LogP contribution is -2.50. The molecule has 120 valence electrons. The van der Waals surface area contributed by atoms with Crippen LogP contribution in [0.4, 0.5) is 10.5 Å². The van der Waals surface area contributed by atoms with E-state index in [0.717, 1.165) is 13.1 Å². The van der Waals surface area contributed by atoms with Gasteiger partial charge in [0.25, 0.3) is 0 Å². The number of amides is 2. The van der Waals surface area contributed by atoms with Crippen LogP contribution in [0.1, 0.15) is 6.92 Å². The molecule has 1 saturated heterocycles. The zero-order valence-corrected chi connectivity index (χ0v) is 12.6. The van der Waals surface area contributed by atoms with Crippen molar-refractivity contribution in [3.8, 4) is 5.75 Å². The van der Waals surface area contributed by atoms with Gasteiger partial charge in [-0.15, -0.1) is 0 Å². The predicted molar refractivity (Wildman–Crippen MR) is 81.9 cm³/mol. The van der Waals surface area contributed by atoms with Gasteiger partial charge in [-0.3, -0.25) is 9.69 Å². The molecule has 2 rings (SSSR count). The van der Waals surface area contributed by atoms with Crippen molar-refractivity contribution in [1.82, 2.24) is 9.80 Å². The molecule has 1 aliphatic rings. The summed E-state index contributed by atoms with van der Waals surface area (Å²) in [4.78, 5) is 27.0. The molecule has 2 amide bonds. The smallest absolute Gasteiger partial charge is 0.321 e. The van der Waals surface area contributed by atoms with Crippen LogP contribution < -0.4 is 10.1 Å². The highest BCUT2D eigenvalue weighted by Gasteiger charge is 2.20. The maximum absolute atomic E-state index is 12.2. The van der Waals surface area contributed by atoms with Crippen molar-refractivity contribution in [2.45, 2.75) is 6.92 Å². The van der Waals surface area contributed by atoms with Crippen LogP contribution in [0.25, 0.3) is 0 Å². The number of ether oxygens (including phenoxy) is 1. The number of rotatable bonds is 4. The minimum absolute atomic E-state index is 0.134. The van der Waals surface area contributed by atoms with Gasteiger partial charge in [0.15, 0.2) is 0 Å². The molecule has 1 aromatic rings. The van der Waals surface area contributed by atoms with Gasteiger partial charge < -0.3 is 20.1 Å². The number of hydrogen-bond acceptors (Lipinski definition) is 5. The highest BCUT2D eigenvalue weighted by Crippen LogP contribution is 2.18. The Balaban J connectivity index is 1.88. The maximum Gasteiger partial charge on any atom is 0.321 e.